The van der Waals surface area contributed by atoms with Gasteiger partial charge in [0.25, 0.3) is 0 Å². The molecule has 0 aliphatic rings. The Balaban J connectivity index is 1.79. The number of methoxy groups -OCH3 is 2. The number of para-hydroxylation sites is 2. The van der Waals surface area contributed by atoms with Gasteiger partial charge in [0.1, 0.15) is 0 Å². The minimum absolute atomic E-state index is 0.0384. The SMILES string of the molecule is COc1cccc(/C=N\NC(=O)c2cc3cccc(OC)c3o2)c1OC(C)C. The van der Waals surface area contributed by atoms with Crippen molar-refractivity contribution in [1.82, 2.24) is 5.43 Å². The Morgan fingerprint density at radius 3 is 2.54 bits per heavy atom. The minimum atomic E-state index is -0.469. The molecule has 1 N–H and O–H groups in total. The van der Waals surface area contributed by atoms with E-state index in [2.05, 4.69) is 10.5 Å². The van der Waals surface area contributed by atoms with Crippen molar-refractivity contribution in [1.29, 1.82) is 0 Å². The molecule has 0 aliphatic heterocycles. The first-order chi connectivity index (χ1) is 13.5. The molecule has 7 nitrogen and oxygen atoms in total. The van der Waals surface area contributed by atoms with Crippen molar-refractivity contribution in [3.63, 3.8) is 0 Å². The summed E-state index contributed by atoms with van der Waals surface area (Å²) in [7, 11) is 3.12. The third-order valence-electron chi connectivity index (χ3n) is 3.90. The van der Waals surface area contributed by atoms with E-state index in [4.69, 9.17) is 18.6 Å². The number of carbonyl (C=O) groups excluding carboxylic acids is 1. The van der Waals surface area contributed by atoms with Gasteiger partial charge in [0.15, 0.2) is 28.6 Å². The third-order valence-corrected chi connectivity index (χ3v) is 3.90. The normalized spacial score (nSPS) is 11.2. The molecule has 28 heavy (non-hydrogen) atoms. The van der Waals surface area contributed by atoms with Crippen LogP contribution in [0.25, 0.3) is 11.0 Å². The van der Waals surface area contributed by atoms with Gasteiger partial charge < -0.3 is 18.6 Å². The molecule has 3 rings (SSSR count). The first kappa shape index (κ1) is 19.3. The average molecular weight is 382 g/mol. The van der Waals surface area contributed by atoms with Crippen LogP contribution in [0.2, 0.25) is 0 Å². The lowest BCUT2D eigenvalue weighted by Gasteiger charge is -2.15. The van der Waals surface area contributed by atoms with E-state index in [1.807, 2.05) is 38.1 Å². The predicted octanol–water partition coefficient (Wildman–Crippen LogP) is 4.00. The highest BCUT2D eigenvalue weighted by molar-refractivity contribution is 5.97. The number of hydrogen-bond acceptors (Lipinski definition) is 6. The molecular formula is C21H22N2O5. The van der Waals surface area contributed by atoms with Gasteiger partial charge in [0.05, 0.1) is 26.5 Å². The Morgan fingerprint density at radius 1 is 1.11 bits per heavy atom. The Hall–Kier alpha value is -3.48. The summed E-state index contributed by atoms with van der Waals surface area (Å²) in [6.07, 6.45) is 1.46. The quantitative estimate of drug-likeness (QED) is 0.493. The summed E-state index contributed by atoms with van der Waals surface area (Å²) in [5.41, 5.74) is 3.66. The molecule has 0 spiro atoms. The number of amides is 1. The van der Waals surface area contributed by atoms with E-state index >= 15 is 0 Å². The van der Waals surface area contributed by atoms with Crippen LogP contribution >= 0.6 is 0 Å². The van der Waals surface area contributed by atoms with E-state index in [-0.39, 0.29) is 11.9 Å². The molecule has 146 valence electrons. The predicted molar refractivity (Wildman–Crippen MR) is 107 cm³/mol. The van der Waals surface area contributed by atoms with Crippen molar-refractivity contribution in [3.8, 4) is 17.2 Å². The molecule has 0 atom stereocenters. The highest BCUT2D eigenvalue weighted by Gasteiger charge is 2.15. The van der Waals surface area contributed by atoms with Crippen LogP contribution in [0.15, 0.2) is 52.0 Å². The monoisotopic (exact) mass is 382 g/mol. The molecule has 0 saturated carbocycles. The van der Waals surface area contributed by atoms with Crippen molar-refractivity contribution in [2.24, 2.45) is 5.10 Å². The zero-order valence-electron chi connectivity index (χ0n) is 16.2. The molecule has 2 aromatic carbocycles. The van der Waals surface area contributed by atoms with Gasteiger partial charge in [-0.15, -0.1) is 0 Å². The average Bonchev–Trinajstić information content (AvgIpc) is 3.13. The topological polar surface area (TPSA) is 82.3 Å². The standard InChI is InChI=1S/C21H22N2O5/c1-13(2)27-20-15(8-6-10-17(20)26-4)12-22-23-21(24)18-11-14-7-5-9-16(25-3)19(14)28-18/h5-13H,1-4H3,(H,23,24)/b22-12-. The van der Waals surface area contributed by atoms with E-state index < -0.39 is 5.91 Å². The fourth-order valence-corrected chi connectivity index (χ4v) is 2.68. The molecule has 7 heteroatoms. The summed E-state index contributed by atoms with van der Waals surface area (Å²) in [6.45, 7) is 3.84. The van der Waals surface area contributed by atoms with Gasteiger partial charge in [-0.05, 0) is 38.1 Å². The lowest BCUT2D eigenvalue weighted by molar-refractivity contribution is 0.0929. The number of ether oxygens (including phenoxy) is 3. The Morgan fingerprint density at radius 2 is 1.82 bits per heavy atom. The van der Waals surface area contributed by atoms with E-state index in [1.165, 1.54) is 6.21 Å². The molecule has 1 amide bonds. The summed E-state index contributed by atoms with van der Waals surface area (Å²) in [4.78, 5) is 12.4. The van der Waals surface area contributed by atoms with E-state index in [1.54, 1.807) is 32.4 Å². The van der Waals surface area contributed by atoms with Crippen LogP contribution in [0.4, 0.5) is 0 Å². The fourth-order valence-electron chi connectivity index (χ4n) is 2.68. The van der Waals surface area contributed by atoms with Gasteiger partial charge >= 0.3 is 5.91 Å². The lowest BCUT2D eigenvalue weighted by Crippen LogP contribution is -2.17. The zero-order chi connectivity index (χ0) is 20.1. The molecule has 0 aliphatic carbocycles. The van der Waals surface area contributed by atoms with E-state index in [0.29, 0.717) is 28.4 Å². The summed E-state index contributed by atoms with van der Waals surface area (Å²) < 4.78 is 22.0. The third kappa shape index (κ3) is 4.09. The van der Waals surface area contributed by atoms with Crippen LogP contribution in [0.5, 0.6) is 17.2 Å². The maximum Gasteiger partial charge on any atom is 0.307 e. The van der Waals surface area contributed by atoms with E-state index in [0.717, 1.165) is 5.39 Å². The first-order valence-corrected chi connectivity index (χ1v) is 8.77. The van der Waals surface area contributed by atoms with E-state index in [9.17, 15) is 4.79 Å². The number of hydrogen-bond donors (Lipinski definition) is 1. The van der Waals surface area contributed by atoms with Crippen LogP contribution < -0.4 is 19.6 Å². The highest BCUT2D eigenvalue weighted by atomic mass is 16.5. The van der Waals surface area contributed by atoms with Crippen molar-refractivity contribution in [2.75, 3.05) is 14.2 Å². The van der Waals surface area contributed by atoms with Crippen LogP contribution in [0.3, 0.4) is 0 Å². The summed E-state index contributed by atoms with van der Waals surface area (Å²) in [5, 5.41) is 4.79. The van der Waals surface area contributed by atoms with Gasteiger partial charge in [0.2, 0.25) is 0 Å². The van der Waals surface area contributed by atoms with Gasteiger partial charge in [-0.25, -0.2) is 5.43 Å². The first-order valence-electron chi connectivity index (χ1n) is 8.77. The molecule has 0 saturated heterocycles. The van der Waals surface area contributed by atoms with Crippen LogP contribution in [0, 0.1) is 0 Å². The number of benzene rings is 2. The lowest BCUT2D eigenvalue weighted by atomic mass is 10.2. The van der Waals surface area contributed by atoms with Gasteiger partial charge in [-0.1, -0.05) is 18.2 Å². The van der Waals surface area contributed by atoms with Crippen molar-refractivity contribution < 1.29 is 23.4 Å². The maximum atomic E-state index is 12.4. The Labute approximate surface area is 162 Å². The second kappa shape index (κ2) is 8.47. The molecule has 1 aromatic heterocycles. The van der Waals surface area contributed by atoms with Crippen LogP contribution in [-0.4, -0.2) is 32.4 Å². The number of fused-ring (bicyclic) bond motifs is 1. The largest absolute Gasteiger partial charge is 0.493 e. The number of furan rings is 1. The highest BCUT2D eigenvalue weighted by Crippen LogP contribution is 2.31. The maximum absolute atomic E-state index is 12.4. The second-order valence-electron chi connectivity index (χ2n) is 6.23. The molecule has 3 aromatic rings. The van der Waals surface area contributed by atoms with Crippen molar-refractivity contribution in [3.05, 3.63) is 53.8 Å². The minimum Gasteiger partial charge on any atom is -0.493 e. The van der Waals surface area contributed by atoms with Crippen molar-refractivity contribution in [2.45, 2.75) is 20.0 Å². The molecular weight excluding hydrogens is 360 g/mol. The molecule has 0 bridgehead atoms. The molecule has 0 unspecified atom stereocenters. The number of nitrogens with zero attached hydrogens (tertiary/aromatic N) is 1. The van der Waals surface area contributed by atoms with Crippen LogP contribution in [-0.2, 0) is 0 Å². The summed E-state index contributed by atoms with van der Waals surface area (Å²) in [6, 6.07) is 12.5. The van der Waals surface area contributed by atoms with Gasteiger partial charge in [-0.3, -0.25) is 4.79 Å². The molecule has 1 heterocycles. The fraction of sp³-hybridized carbons (Fsp3) is 0.238. The summed E-state index contributed by atoms with van der Waals surface area (Å²) >= 11 is 0. The zero-order valence-corrected chi connectivity index (χ0v) is 16.2. The Kier molecular flexibility index (Phi) is 5.84. The number of rotatable bonds is 7. The van der Waals surface area contributed by atoms with Crippen molar-refractivity contribution >= 4 is 23.1 Å². The van der Waals surface area contributed by atoms with Gasteiger partial charge in [-0.2, -0.15) is 5.10 Å². The molecule has 0 fully saturated rings. The number of hydrazone groups is 1. The van der Waals surface area contributed by atoms with Crippen LogP contribution in [0.1, 0.15) is 30.0 Å². The Bertz CT molecular complexity index is 1010. The summed E-state index contributed by atoms with van der Waals surface area (Å²) in [5.74, 6) is 1.39. The number of carbonyl (C=O) groups is 1. The number of nitrogens with one attached hydrogen (secondary N) is 1. The second-order valence-corrected chi connectivity index (χ2v) is 6.23. The molecule has 0 radical (unpaired) electrons. The smallest absolute Gasteiger partial charge is 0.307 e. The van der Waals surface area contributed by atoms with Gasteiger partial charge in [0, 0.05) is 10.9 Å².